The molecule has 4 aromatic rings. The lowest BCUT2D eigenvalue weighted by Crippen LogP contribution is -2.66. The van der Waals surface area contributed by atoms with Gasteiger partial charge in [0.2, 0.25) is 5.88 Å². The largest absolute Gasteiger partial charge is 0.506 e. The third kappa shape index (κ3) is 4.14. The average molecular weight is 465 g/mol. The molecule has 0 aromatic carbocycles. The zero-order chi connectivity index (χ0) is 24.1. The van der Waals surface area contributed by atoms with Crippen molar-refractivity contribution in [3.63, 3.8) is 0 Å². The third-order valence-corrected chi connectivity index (χ3v) is 5.81. The highest BCUT2D eigenvalue weighted by atomic mass is 19.1. The number of hydrogen-bond donors (Lipinski definition) is 2. The molecule has 0 spiro atoms. The number of halogens is 1. The van der Waals surface area contributed by atoms with E-state index in [1.807, 2.05) is 27.7 Å². The Morgan fingerprint density at radius 1 is 1.18 bits per heavy atom. The highest BCUT2D eigenvalue weighted by molar-refractivity contribution is 5.67. The van der Waals surface area contributed by atoms with Crippen LogP contribution in [0, 0.1) is 0 Å². The van der Waals surface area contributed by atoms with Crippen LogP contribution in [0.5, 0.6) is 11.6 Å². The molecule has 11 heteroatoms. The number of alkyl halides is 1. The molecule has 176 valence electrons. The highest BCUT2D eigenvalue weighted by Gasteiger charge is 2.47. The molecular weight excluding hydrogens is 439 g/mol. The van der Waals surface area contributed by atoms with Gasteiger partial charge in [0, 0.05) is 47.7 Å². The maximum atomic E-state index is 15.0. The van der Waals surface area contributed by atoms with Crippen molar-refractivity contribution in [3.05, 3.63) is 43.0 Å². The second-order valence-electron chi connectivity index (χ2n) is 9.66. The van der Waals surface area contributed by atoms with Crippen LogP contribution < -0.4 is 10.1 Å². The van der Waals surface area contributed by atoms with Crippen molar-refractivity contribution in [2.45, 2.75) is 57.5 Å². The van der Waals surface area contributed by atoms with E-state index in [0.29, 0.717) is 29.1 Å². The van der Waals surface area contributed by atoms with Crippen LogP contribution in [0.4, 0.5) is 4.39 Å². The first kappa shape index (κ1) is 22.1. The van der Waals surface area contributed by atoms with Crippen LogP contribution in [0.3, 0.4) is 0 Å². The summed E-state index contributed by atoms with van der Waals surface area (Å²) in [6.45, 7) is 7.67. The highest BCUT2D eigenvalue weighted by Crippen LogP contribution is 2.34. The zero-order valence-electron chi connectivity index (χ0n) is 19.3. The van der Waals surface area contributed by atoms with E-state index >= 15 is 4.39 Å². The molecule has 5 rings (SSSR count). The van der Waals surface area contributed by atoms with E-state index in [9.17, 15) is 5.11 Å². The van der Waals surface area contributed by atoms with E-state index in [2.05, 4.69) is 35.6 Å². The number of pyridine rings is 1. The van der Waals surface area contributed by atoms with Gasteiger partial charge < -0.3 is 15.2 Å². The normalized spacial score (nSPS) is 21.4. The first-order valence-electron chi connectivity index (χ1n) is 10.9. The van der Waals surface area contributed by atoms with Gasteiger partial charge >= 0.3 is 0 Å². The monoisotopic (exact) mass is 464 g/mol. The summed E-state index contributed by atoms with van der Waals surface area (Å²) < 4.78 is 22.5. The fourth-order valence-corrected chi connectivity index (χ4v) is 4.47. The molecule has 0 bridgehead atoms. The van der Waals surface area contributed by atoms with E-state index in [1.54, 1.807) is 41.4 Å². The predicted molar refractivity (Wildman–Crippen MR) is 122 cm³/mol. The van der Waals surface area contributed by atoms with Gasteiger partial charge in [0.15, 0.2) is 17.6 Å². The molecule has 1 fully saturated rings. The summed E-state index contributed by atoms with van der Waals surface area (Å²) in [7, 11) is 0. The third-order valence-electron chi connectivity index (χ3n) is 5.81. The molecule has 2 atom stereocenters. The van der Waals surface area contributed by atoms with E-state index in [-0.39, 0.29) is 22.9 Å². The second kappa shape index (κ2) is 7.94. The SMILES string of the molecule is CC1(C)C[C@H](Oc2ccc(-c3ncc(-c4nc5cnccn5n4)cc3O)nn2)[C@H](F)C(C)(C)N1. The van der Waals surface area contributed by atoms with Crippen LogP contribution >= 0.6 is 0 Å². The molecule has 0 unspecified atom stereocenters. The topological polar surface area (TPSA) is 123 Å². The zero-order valence-corrected chi connectivity index (χ0v) is 19.3. The number of aromatic nitrogens is 7. The summed E-state index contributed by atoms with van der Waals surface area (Å²) in [5, 5.41) is 26.5. The molecule has 0 aliphatic carbocycles. The first-order chi connectivity index (χ1) is 16.1. The van der Waals surface area contributed by atoms with Crippen LogP contribution in [0.2, 0.25) is 0 Å². The summed E-state index contributed by atoms with van der Waals surface area (Å²) in [6.07, 6.45) is 5.04. The lowest BCUT2D eigenvalue weighted by Gasteiger charge is -2.48. The Morgan fingerprint density at radius 3 is 2.71 bits per heavy atom. The van der Waals surface area contributed by atoms with Crippen LogP contribution in [0.15, 0.2) is 43.0 Å². The molecule has 4 aromatic heterocycles. The van der Waals surface area contributed by atoms with Crippen molar-refractivity contribution >= 4 is 5.65 Å². The van der Waals surface area contributed by atoms with Crippen LogP contribution in [-0.2, 0) is 0 Å². The van der Waals surface area contributed by atoms with Gasteiger partial charge in [0.05, 0.1) is 6.20 Å². The molecule has 0 radical (unpaired) electrons. The quantitative estimate of drug-likeness (QED) is 0.469. The van der Waals surface area contributed by atoms with Crippen molar-refractivity contribution in [3.8, 4) is 34.4 Å². The Labute approximate surface area is 195 Å². The number of nitrogens with zero attached hydrogens (tertiary/aromatic N) is 7. The minimum absolute atomic E-state index is 0.0943. The Balaban J connectivity index is 1.35. The van der Waals surface area contributed by atoms with Crippen LogP contribution in [0.25, 0.3) is 28.4 Å². The van der Waals surface area contributed by atoms with E-state index in [1.165, 1.54) is 6.07 Å². The number of ether oxygens (including phenoxy) is 1. The lowest BCUT2D eigenvalue weighted by molar-refractivity contribution is -0.0281. The smallest absolute Gasteiger partial charge is 0.233 e. The lowest BCUT2D eigenvalue weighted by atomic mass is 9.79. The Kier molecular flexibility index (Phi) is 5.16. The maximum Gasteiger partial charge on any atom is 0.233 e. The standard InChI is InChI=1S/C23H25FN8O2/c1-22(2)10-16(20(24)23(3,4)31-22)34-18-6-5-14(28-29-18)19-15(33)9-13(11-26-19)21-27-17-12-25-7-8-32(17)30-21/h5-9,11-12,16,20,31,33H,10H2,1-4H3/t16-,20-/m0/s1. The number of aromatic hydroxyl groups is 1. The van der Waals surface area contributed by atoms with Crippen molar-refractivity contribution < 1.29 is 14.2 Å². The summed E-state index contributed by atoms with van der Waals surface area (Å²) in [6, 6.07) is 4.75. The van der Waals surface area contributed by atoms with Crippen molar-refractivity contribution in [2.75, 3.05) is 0 Å². The maximum absolute atomic E-state index is 15.0. The van der Waals surface area contributed by atoms with Crippen molar-refractivity contribution in [2.24, 2.45) is 0 Å². The van der Waals surface area contributed by atoms with Crippen LogP contribution in [-0.4, -0.2) is 63.2 Å². The fraction of sp³-hybridized carbons (Fsp3) is 0.391. The molecule has 1 aliphatic rings. The van der Waals surface area contributed by atoms with Gasteiger partial charge in [0.25, 0.3) is 0 Å². The summed E-state index contributed by atoms with van der Waals surface area (Å²) in [5.41, 5.74) is 0.714. The minimum atomic E-state index is -1.22. The molecule has 34 heavy (non-hydrogen) atoms. The Morgan fingerprint density at radius 2 is 2.00 bits per heavy atom. The molecule has 2 N–H and O–H groups in total. The van der Waals surface area contributed by atoms with Gasteiger partial charge in [-0.15, -0.1) is 15.3 Å². The fourth-order valence-electron chi connectivity index (χ4n) is 4.47. The summed E-state index contributed by atoms with van der Waals surface area (Å²) in [4.78, 5) is 12.7. The number of piperidine rings is 1. The number of fused-ring (bicyclic) bond motifs is 1. The summed E-state index contributed by atoms with van der Waals surface area (Å²) in [5.74, 6) is 0.525. The molecule has 10 nitrogen and oxygen atoms in total. The first-order valence-corrected chi connectivity index (χ1v) is 10.9. The molecular formula is C23H25FN8O2. The van der Waals surface area contributed by atoms with Crippen LogP contribution in [0.1, 0.15) is 34.1 Å². The molecule has 5 heterocycles. The van der Waals surface area contributed by atoms with Gasteiger partial charge in [-0.3, -0.25) is 4.98 Å². The number of nitrogens with one attached hydrogen (secondary N) is 1. The van der Waals surface area contributed by atoms with Gasteiger partial charge in [-0.25, -0.2) is 18.9 Å². The van der Waals surface area contributed by atoms with Crippen molar-refractivity contribution in [1.82, 2.24) is 40.1 Å². The van der Waals surface area contributed by atoms with E-state index in [0.717, 1.165) is 0 Å². The number of rotatable bonds is 4. The molecule has 0 amide bonds. The average Bonchev–Trinajstić information content (AvgIpc) is 3.21. The van der Waals surface area contributed by atoms with Gasteiger partial charge in [-0.1, -0.05) is 0 Å². The predicted octanol–water partition coefficient (Wildman–Crippen LogP) is 2.98. The molecule has 1 saturated heterocycles. The van der Waals surface area contributed by atoms with Gasteiger partial charge in [-0.05, 0) is 39.8 Å². The molecule has 0 saturated carbocycles. The minimum Gasteiger partial charge on any atom is -0.506 e. The number of hydrogen-bond acceptors (Lipinski definition) is 9. The summed E-state index contributed by atoms with van der Waals surface area (Å²) >= 11 is 0. The van der Waals surface area contributed by atoms with Crippen molar-refractivity contribution in [1.29, 1.82) is 0 Å². The Bertz CT molecular complexity index is 1310. The Hall–Kier alpha value is -3.73. The van der Waals surface area contributed by atoms with Gasteiger partial charge in [0.1, 0.15) is 23.2 Å². The second-order valence-corrected chi connectivity index (χ2v) is 9.66. The van der Waals surface area contributed by atoms with Gasteiger partial charge in [-0.2, -0.15) is 0 Å². The van der Waals surface area contributed by atoms with E-state index < -0.39 is 17.8 Å². The van der Waals surface area contributed by atoms with E-state index in [4.69, 9.17) is 4.74 Å². The molecule has 1 aliphatic heterocycles.